The van der Waals surface area contributed by atoms with Gasteiger partial charge in [-0.15, -0.1) is 0 Å². The summed E-state index contributed by atoms with van der Waals surface area (Å²) in [5.41, 5.74) is 2.82. The van der Waals surface area contributed by atoms with Gasteiger partial charge in [0.25, 0.3) is 0 Å². The molecule has 0 aliphatic heterocycles. The molecule has 0 radical (unpaired) electrons. The lowest BCUT2D eigenvalue weighted by atomic mass is 10.2. The van der Waals surface area contributed by atoms with Crippen molar-refractivity contribution < 1.29 is 0 Å². The molecule has 82 valence electrons. The fraction of sp³-hybridized carbons (Fsp3) is 0. The smallest absolute Gasteiger partial charge is 0.0835 e. The number of hydrogen-bond acceptors (Lipinski definition) is 3. The van der Waals surface area contributed by atoms with Crippen LogP contribution in [0, 0.1) is 0 Å². The zero-order valence-corrected chi connectivity index (χ0v) is 9.06. The Labute approximate surface area is 98.6 Å². The molecular weight excluding hydrogens is 212 g/mol. The van der Waals surface area contributed by atoms with Crippen LogP contribution in [0.2, 0.25) is 0 Å². The third-order valence-corrected chi connectivity index (χ3v) is 2.45. The molecule has 3 heterocycles. The van der Waals surface area contributed by atoms with E-state index in [-0.39, 0.29) is 0 Å². The molecule has 0 saturated carbocycles. The average Bonchev–Trinajstić information content (AvgIpc) is 2.94. The van der Waals surface area contributed by atoms with Gasteiger partial charge in [0, 0.05) is 30.4 Å². The lowest BCUT2D eigenvalue weighted by Crippen LogP contribution is -1.95. The van der Waals surface area contributed by atoms with Gasteiger partial charge in [-0.3, -0.25) is 9.97 Å². The molecule has 0 amide bonds. The van der Waals surface area contributed by atoms with E-state index in [4.69, 9.17) is 0 Å². The predicted molar refractivity (Wildman–Crippen MR) is 64.6 cm³/mol. The van der Waals surface area contributed by atoms with E-state index >= 15 is 0 Å². The molecule has 0 atom stereocenters. The van der Waals surface area contributed by atoms with Gasteiger partial charge in [0.2, 0.25) is 0 Å². The average molecular weight is 222 g/mol. The first kappa shape index (κ1) is 9.72. The molecule has 3 aromatic rings. The summed E-state index contributed by atoms with van der Waals surface area (Å²) in [5.74, 6) is 0. The third kappa shape index (κ3) is 1.92. The normalized spacial score (nSPS) is 10.4. The summed E-state index contributed by atoms with van der Waals surface area (Å²) in [6, 6.07) is 9.72. The van der Waals surface area contributed by atoms with Gasteiger partial charge in [0.05, 0.1) is 17.6 Å². The monoisotopic (exact) mass is 222 g/mol. The molecule has 3 aromatic heterocycles. The van der Waals surface area contributed by atoms with Crippen molar-refractivity contribution in [2.45, 2.75) is 0 Å². The molecule has 17 heavy (non-hydrogen) atoms. The number of hydrogen-bond donors (Lipinski definition) is 0. The van der Waals surface area contributed by atoms with Crippen molar-refractivity contribution in [2.24, 2.45) is 0 Å². The van der Waals surface area contributed by atoms with Crippen LogP contribution in [0.15, 0.2) is 61.3 Å². The maximum Gasteiger partial charge on any atom is 0.0835 e. The molecule has 0 aromatic carbocycles. The van der Waals surface area contributed by atoms with Crippen LogP contribution in [-0.4, -0.2) is 19.7 Å². The molecular formula is C13H10N4. The molecule has 0 aliphatic rings. The van der Waals surface area contributed by atoms with Gasteiger partial charge >= 0.3 is 0 Å². The van der Waals surface area contributed by atoms with Crippen LogP contribution in [0.1, 0.15) is 0 Å². The van der Waals surface area contributed by atoms with E-state index in [2.05, 4.69) is 15.1 Å². The summed E-state index contributed by atoms with van der Waals surface area (Å²) in [6.45, 7) is 0. The highest BCUT2D eigenvalue weighted by molar-refractivity contribution is 5.60. The zero-order valence-electron chi connectivity index (χ0n) is 9.06. The second kappa shape index (κ2) is 4.17. The topological polar surface area (TPSA) is 43.6 Å². The molecule has 0 saturated heterocycles. The van der Waals surface area contributed by atoms with Crippen LogP contribution in [0.4, 0.5) is 0 Å². The van der Waals surface area contributed by atoms with E-state index in [0.717, 1.165) is 16.9 Å². The standard InChI is InChI=1S/C13H10N4/c1-2-5-15-13(4-1)11-8-12(10-14-9-11)17-7-3-6-16-17/h1-10H. The van der Waals surface area contributed by atoms with Crippen molar-refractivity contribution in [2.75, 3.05) is 0 Å². The largest absolute Gasteiger partial charge is 0.262 e. The molecule has 0 bridgehead atoms. The van der Waals surface area contributed by atoms with Crippen LogP contribution in [0.25, 0.3) is 16.9 Å². The summed E-state index contributed by atoms with van der Waals surface area (Å²) in [4.78, 5) is 8.52. The number of pyridine rings is 2. The van der Waals surface area contributed by atoms with E-state index in [9.17, 15) is 0 Å². The first-order valence-electron chi connectivity index (χ1n) is 5.30. The van der Waals surface area contributed by atoms with Gasteiger partial charge in [-0.1, -0.05) is 6.07 Å². The summed E-state index contributed by atoms with van der Waals surface area (Å²) < 4.78 is 1.78. The van der Waals surface area contributed by atoms with Crippen molar-refractivity contribution in [3.05, 3.63) is 61.3 Å². The Balaban J connectivity index is 2.06. The van der Waals surface area contributed by atoms with Gasteiger partial charge in [0.1, 0.15) is 0 Å². The highest BCUT2D eigenvalue weighted by Gasteiger charge is 2.02. The molecule has 0 N–H and O–H groups in total. The molecule has 0 fully saturated rings. The van der Waals surface area contributed by atoms with Crippen LogP contribution in [0.5, 0.6) is 0 Å². The Kier molecular flexibility index (Phi) is 2.38. The van der Waals surface area contributed by atoms with Crippen LogP contribution in [0.3, 0.4) is 0 Å². The summed E-state index contributed by atoms with van der Waals surface area (Å²) >= 11 is 0. The van der Waals surface area contributed by atoms with Crippen molar-refractivity contribution >= 4 is 0 Å². The van der Waals surface area contributed by atoms with E-state index < -0.39 is 0 Å². The third-order valence-electron chi connectivity index (χ3n) is 2.45. The Morgan fingerprint density at radius 1 is 1.00 bits per heavy atom. The van der Waals surface area contributed by atoms with Gasteiger partial charge in [0.15, 0.2) is 0 Å². The Morgan fingerprint density at radius 3 is 2.76 bits per heavy atom. The fourth-order valence-electron chi connectivity index (χ4n) is 1.65. The minimum atomic E-state index is 0.911. The fourth-order valence-corrected chi connectivity index (χ4v) is 1.65. The Bertz CT molecular complexity index is 602. The van der Waals surface area contributed by atoms with Crippen molar-refractivity contribution in [1.29, 1.82) is 0 Å². The van der Waals surface area contributed by atoms with Crippen LogP contribution >= 0.6 is 0 Å². The van der Waals surface area contributed by atoms with Gasteiger partial charge in [-0.2, -0.15) is 5.10 Å². The highest BCUT2D eigenvalue weighted by Crippen LogP contribution is 2.17. The minimum Gasteiger partial charge on any atom is -0.262 e. The van der Waals surface area contributed by atoms with Gasteiger partial charge in [-0.25, -0.2) is 4.68 Å². The quantitative estimate of drug-likeness (QED) is 0.668. The zero-order chi connectivity index (χ0) is 11.5. The van der Waals surface area contributed by atoms with E-state index in [0.29, 0.717) is 0 Å². The molecule has 4 nitrogen and oxygen atoms in total. The number of aromatic nitrogens is 4. The molecule has 3 rings (SSSR count). The second-order valence-electron chi connectivity index (χ2n) is 3.60. The predicted octanol–water partition coefficient (Wildman–Crippen LogP) is 2.33. The summed E-state index contributed by atoms with van der Waals surface area (Å²) in [7, 11) is 0. The number of rotatable bonds is 2. The second-order valence-corrected chi connectivity index (χ2v) is 3.60. The molecule has 0 aliphatic carbocycles. The van der Waals surface area contributed by atoms with Gasteiger partial charge < -0.3 is 0 Å². The van der Waals surface area contributed by atoms with Crippen molar-refractivity contribution in [3.8, 4) is 16.9 Å². The molecule has 0 unspecified atom stereocenters. The lowest BCUT2D eigenvalue weighted by Gasteiger charge is -2.03. The lowest BCUT2D eigenvalue weighted by molar-refractivity contribution is 0.874. The first-order valence-corrected chi connectivity index (χ1v) is 5.30. The number of nitrogens with zero attached hydrogens (tertiary/aromatic N) is 4. The first-order chi connectivity index (χ1) is 8.43. The maximum atomic E-state index is 4.30. The van der Waals surface area contributed by atoms with Crippen LogP contribution in [-0.2, 0) is 0 Å². The van der Waals surface area contributed by atoms with E-state index in [1.165, 1.54) is 0 Å². The molecule has 0 spiro atoms. The van der Waals surface area contributed by atoms with E-state index in [1.54, 1.807) is 29.5 Å². The maximum absolute atomic E-state index is 4.30. The Hall–Kier alpha value is -2.49. The van der Waals surface area contributed by atoms with E-state index in [1.807, 2.05) is 36.5 Å². The van der Waals surface area contributed by atoms with Crippen LogP contribution < -0.4 is 0 Å². The van der Waals surface area contributed by atoms with Crippen molar-refractivity contribution in [3.63, 3.8) is 0 Å². The highest BCUT2D eigenvalue weighted by atomic mass is 15.3. The molecule has 4 heteroatoms. The summed E-state index contributed by atoms with van der Waals surface area (Å²) in [5, 5.41) is 4.18. The van der Waals surface area contributed by atoms with Crippen molar-refractivity contribution in [1.82, 2.24) is 19.7 Å². The Morgan fingerprint density at radius 2 is 2.00 bits per heavy atom. The SMILES string of the molecule is c1ccc(-c2cncc(-n3cccn3)c2)nc1. The minimum absolute atomic E-state index is 0.911. The van der Waals surface area contributed by atoms with Gasteiger partial charge in [-0.05, 0) is 24.3 Å². The summed E-state index contributed by atoms with van der Waals surface area (Å²) in [6.07, 6.45) is 8.98.